The lowest BCUT2D eigenvalue weighted by atomic mass is 9.79. The first-order chi connectivity index (χ1) is 32.9. The van der Waals surface area contributed by atoms with Crippen molar-refractivity contribution < 1.29 is 42.7 Å². The van der Waals surface area contributed by atoms with Crippen LogP contribution in [0.1, 0.15) is 107 Å². The smallest absolute Gasteiger partial charge is 0.431 e. The first-order valence-electron chi connectivity index (χ1n) is 23.4. The van der Waals surface area contributed by atoms with Crippen molar-refractivity contribution in [3.05, 3.63) is 156 Å². The van der Waals surface area contributed by atoms with Crippen LogP contribution in [0.3, 0.4) is 0 Å². The van der Waals surface area contributed by atoms with Crippen LogP contribution in [0.2, 0.25) is 0 Å². The number of anilines is 1. The maximum atomic E-state index is 12.9. The van der Waals surface area contributed by atoms with Crippen LogP contribution in [-0.4, -0.2) is 52.1 Å². The number of amides is 2. The van der Waals surface area contributed by atoms with Gasteiger partial charge in [-0.1, -0.05) is 146 Å². The summed E-state index contributed by atoms with van der Waals surface area (Å²) in [6, 6.07) is 43.2. The minimum absolute atomic E-state index is 0.0348. The summed E-state index contributed by atoms with van der Waals surface area (Å²) in [5, 5.41) is 13.2. The van der Waals surface area contributed by atoms with Gasteiger partial charge in [0.25, 0.3) is 5.22 Å². The van der Waals surface area contributed by atoms with Crippen LogP contribution < -0.4 is 16.3 Å². The van der Waals surface area contributed by atoms with Gasteiger partial charge in [-0.15, -0.1) is 0 Å². The molecule has 2 saturated heterocycles. The number of ether oxygens (including phenoxy) is 2. The number of aliphatic hydroxyl groups is 1. The molecule has 3 heterocycles. The summed E-state index contributed by atoms with van der Waals surface area (Å²) in [7, 11) is -0.428. The number of oxazole rings is 1. The number of nitrogens with zero attached hydrogens (tertiary/aromatic N) is 1. The molecule has 3 N–H and O–H groups in total. The maximum absolute atomic E-state index is 12.9. The Morgan fingerprint density at radius 2 is 1.32 bits per heavy atom. The van der Waals surface area contributed by atoms with E-state index in [4.69, 9.17) is 33.0 Å². The van der Waals surface area contributed by atoms with Crippen LogP contribution in [-0.2, 0) is 46.4 Å². The Bertz CT molecular complexity index is 2480. The quantitative estimate of drug-likeness (QED) is 0.0290. The highest BCUT2D eigenvalue weighted by Gasteiger charge is 2.51. The third-order valence-electron chi connectivity index (χ3n) is 12.7. The fourth-order valence-corrected chi connectivity index (χ4v) is 8.84. The van der Waals surface area contributed by atoms with Gasteiger partial charge < -0.3 is 33.6 Å². The van der Waals surface area contributed by atoms with Crippen molar-refractivity contribution in [2.75, 3.05) is 11.1 Å². The van der Waals surface area contributed by atoms with E-state index in [9.17, 15) is 14.7 Å². The lowest BCUT2D eigenvalue weighted by Crippen LogP contribution is -2.41. The third kappa shape index (κ3) is 12.7. The molecule has 0 radical (unpaired) electrons. The van der Waals surface area contributed by atoms with Crippen molar-refractivity contribution in [1.29, 1.82) is 0 Å². The summed E-state index contributed by atoms with van der Waals surface area (Å²) in [6.45, 7) is 8.32. The normalized spacial score (nSPS) is 18.6. The number of thioether (sulfide) groups is 1. The number of nitrogens with one attached hydrogen (secondary N) is 2. The summed E-state index contributed by atoms with van der Waals surface area (Å²) in [6.07, 6.45) is 3.26. The largest absolute Gasteiger partial charge is 0.494 e. The van der Waals surface area contributed by atoms with Crippen LogP contribution in [0.4, 0.5) is 5.69 Å². The highest BCUT2D eigenvalue weighted by Crippen LogP contribution is 2.42. The molecule has 68 heavy (non-hydrogen) atoms. The molecule has 354 valence electrons. The highest BCUT2D eigenvalue weighted by atomic mass is 32.2. The SMILES string of the molecule is CC1(C)OB(c2ccc(CONC(=O)CCCCCCC(=O)Nc3ccc([C@H]4O[C@@H](CSc5nc(-c6ccccc6)c(-c6ccccc6)o5)C[C@@H](c5ccc(CO)cc5)O4)cc3)cc2)OC1(C)C. The number of hydroxylamine groups is 1. The van der Waals surface area contributed by atoms with Crippen LogP contribution >= 0.6 is 11.8 Å². The lowest BCUT2D eigenvalue weighted by Gasteiger charge is -2.36. The Morgan fingerprint density at radius 3 is 1.97 bits per heavy atom. The molecule has 2 aliphatic rings. The Hall–Kier alpha value is -5.58. The summed E-state index contributed by atoms with van der Waals surface area (Å²) in [4.78, 5) is 35.7. The number of carbonyl (C=O) groups excluding carboxylic acids is 2. The Labute approximate surface area is 403 Å². The second-order valence-electron chi connectivity index (χ2n) is 18.3. The molecule has 0 spiro atoms. The summed E-state index contributed by atoms with van der Waals surface area (Å²) < 4.78 is 31.9. The van der Waals surface area contributed by atoms with Gasteiger partial charge in [0.1, 0.15) is 5.69 Å². The van der Waals surface area contributed by atoms with E-state index in [0.29, 0.717) is 48.8 Å². The minimum atomic E-state index is -0.661. The summed E-state index contributed by atoms with van der Waals surface area (Å²) >= 11 is 1.51. The highest BCUT2D eigenvalue weighted by molar-refractivity contribution is 7.99. The topological polar surface area (TPSA) is 151 Å². The monoisotopic (exact) mass is 937 g/mol. The first-order valence-corrected chi connectivity index (χ1v) is 24.4. The van der Waals surface area contributed by atoms with Gasteiger partial charge >= 0.3 is 7.12 Å². The number of benzene rings is 5. The number of rotatable bonds is 20. The zero-order valence-corrected chi connectivity index (χ0v) is 40.0. The van der Waals surface area contributed by atoms with Gasteiger partial charge in [-0.05, 0) is 74.8 Å². The van der Waals surface area contributed by atoms with E-state index in [2.05, 4.69) is 10.8 Å². The van der Waals surface area contributed by atoms with Crippen molar-refractivity contribution in [3.8, 4) is 22.6 Å². The van der Waals surface area contributed by atoms with Gasteiger partial charge in [0.2, 0.25) is 11.8 Å². The number of aromatic nitrogens is 1. The van der Waals surface area contributed by atoms with E-state index in [1.807, 2.05) is 161 Å². The Balaban J connectivity index is 0.776. The molecule has 8 rings (SSSR count). The zero-order chi connectivity index (χ0) is 47.5. The number of hydrogen-bond donors (Lipinski definition) is 3. The number of carbonyl (C=O) groups is 2. The predicted molar refractivity (Wildman–Crippen MR) is 264 cm³/mol. The van der Waals surface area contributed by atoms with Crippen molar-refractivity contribution >= 4 is 41.8 Å². The third-order valence-corrected chi connectivity index (χ3v) is 13.6. The van der Waals surface area contributed by atoms with Gasteiger partial charge in [-0.2, -0.15) is 0 Å². The molecule has 0 aliphatic carbocycles. The van der Waals surface area contributed by atoms with Gasteiger partial charge in [0.15, 0.2) is 12.1 Å². The summed E-state index contributed by atoms with van der Waals surface area (Å²) in [5.74, 6) is 1.05. The van der Waals surface area contributed by atoms with Crippen LogP contribution in [0.25, 0.3) is 22.6 Å². The Morgan fingerprint density at radius 1 is 0.721 bits per heavy atom. The van der Waals surface area contributed by atoms with E-state index >= 15 is 0 Å². The molecular formula is C54H60BN3O9S. The molecular weight excluding hydrogens is 877 g/mol. The van der Waals surface area contributed by atoms with Gasteiger partial charge in [0.05, 0.1) is 36.6 Å². The van der Waals surface area contributed by atoms with Gasteiger partial charge in [-0.25, -0.2) is 10.5 Å². The molecule has 5 aromatic carbocycles. The number of unbranched alkanes of at least 4 members (excludes halogenated alkanes) is 3. The van der Waals surface area contributed by atoms with E-state index < -0.39 is 24.6 Å². The zero-order valence-electron chi connectivity index (χ0n) is 39.2. The molecule has 0 bridgehead atoms. The van der Waals surface area contributed by atoms with Crippen LogP contribution in [0.5, 0.6) is 0 Å². The Kier molecular flexibility index (Phi) is 16.3. The molecule has 14 heteroatoms. The molecule has 0 unspecified atom stereocenters. The fourth-order valence-electron chi connectivity index (χ4n) is 8.00. The van der Waals surface area contributed by atoms with E-state index in [-0.39, 0.29) is 37.2 Å². The molecule has 2 aliphatic heterocycles. The van der Waals surface area contributed by atoms with E-state index in [0.717, 1.165) is 63.1 Å². The van der Waals surface area contributed by atoms with Gasteiger partial charge in [-0.3, -0.25) is 14.4 Å². The second kappa shape index (κ2) is 22.7. The van der Waals surface area contributed by atoms with Crippen molar-refractivity contribution in [3.63, 3.8) is 0 Å². The molecule has 12 nitrogen and oxygen atoms in total. The standard InChI is InChI=1S/C54H60BN3O9S/c1-53(2)54(3,4)67-55(66-53)43-29-23-38(24-30-43)35-62-58-48(61)20-14-6-5-13-19-47(60)56-44-31-27-42(28-32-44)51-63-45(33-46(64-51)39-25-21-37(34-59)22-26-39)36-68-52-57-49(40-15-9-7-10-16-40)50(65-52)41-17-11-8-12-18-41/h7-12,15-18,21-32,45-46,51,59H,5-6,13-14,19-20,33-36H2,1-4H3,(H,56,60)(H,58,61)/t45-,46+,51+/m1/s1. The average molecular weight is 938 g/mol. The second-order valence-corrected chi connectivity index (χ2v) is 19.3. The first kappa shape index (κ1) is 48.9. The molecule has 3 atom stereocenters. The van der Waals surface area contributed by atoms with Crippen LogP contribution in [0.15, 0.2) is 143 Å². The number of hydrogen-bond acceptors (Lipinski definition) is 11. The van der Waals surface area contributed by atoms with Crippen LogP contribution in [0, 0.1) is 0 Å². The van der Waals surface area contributed by atoms with E-state index in [1.165, 1.54) is 11.8 Å². The van der Waals surface area contributed by atoms with E-state index in [1.54, 1.807) is 0 Å². The molecule has 2 amide bonds. The lowest BCUT2D eigenvalue weighted by molar-refractivity contribution is -0.245. The van der Waals surface area contributed by atoms with Crippen molar-refractivity contribution in [2.45, 2.75) is 121 Å². The maximum Gasteiger partial charge on any atom is 0.494 e. The molecule has 1 aromatic heterocycles. The fraction of sp³-hybridized carbons (Fsp3) is 0.352. The van der Waals surface area contributed by atoms with Gasteiger partial charge in [0, 0.05) is 47.4 Å². The molecule has 2 fully saturated rings. The number of aliphatic hydroxyl groups excluding tert-OH is 1. The predicted octanol–water partition coefficient (Wildman–Crippen LogP) is 10.7. The average Bonchev–Trinajstić information content (AvgIpc) is 3.89. The molecule has 0 saturated carbocycles. The van der Waals surface area contributed by atoms with Crippen molar-refractivity contribution in [1.82, 2.24) is 10.5 Å². The minimum Gasteiger partial charge on any atom is -0.431 e. The summed E-state index contributed by atoms with van der Waals surface area (Å²) in [5.41, 5.74) is 9.63. The van der Waals surface area contributed by atoms with Crippen molar-refractivity contribution in [2.24, 2.45) is 0 Å². The molecule has 6 aromatic rings.